The van der Waals surface area contributed by atoms with Gasteiger partial charge < -0.3 is 15.2 Å². The van der Waals surface area contributed by atoms with E-state index in [1.54, 1.807) is 24.3 Å². The summed E-state index contributed by atoms with van der Waals surface area (Å²) in [6, 6.07) is 41.0. The third kappa shape index (κ3) is 11.1. The van der Waals surface area contributed by atoms with Crippen molar-refractivity contribution in [2.24, 2.45) is 0 Å². The summed E-state index contributed by atoms with van der Waals surface area (Å²) in [4.78, 5) is 9.00. The molecule has 0 heterocycles. The maximum absolute atomic E-state index is 9.00. The standard InChI is InChI=1S/C18H15P.C6H7BO2.C2H4O2.C2H6/c1-4-10-16(11-5-1)19(17-12-6-2-7-13-17)18-14-8-3-9-15-18;8-7(9)6-4-2-1-3-5-6;1-2(3)4;1-2/h1-15H;1-5,8-9H;1H3,(H,3,4);1-2H3. The molecule has 34 heavy (non-hydrogen) atoms. The fourth-order valence-corrected chi connectivity index (χ4v) is 5.11. The number of hydrogen-bond acceptors (Lipinski definition) is 3. The van der Waals surface area contributed by atoms with Crippen molar-refractivity contribution in [2.75, 3.05) is 0 Å². The van der Waals surface area contributed by atoms with Gasteiger partial charge in [-0.15, -0.1) is 0 Å². The molecule has 0 unspecified atom stereocenters. The molecule has 0 amide bonds. The second kappa shape index (κ2) is 17.3. The first-order valence-electron chi connectivity index (χ1n) is 11.0. The van der Waals surface area contributed by atoms with Gasteiger partial charge in [-0.05, 0) is 29.3 Å². The van der Waals surface area contributed by atoms with Crippen LogP contribution in [-0.2, 0) is 4.79 Å². The van der Waals surface area contributed by atoms with Crippen LogP contribution in [0.2, 0.25) is 0 Å². The predicted molar refractivity (Wildman–Crippen MR) is 146 cm³/mol. The molecule has 3 N–H and O–H groups in total. The molecule has 0 saturated heterocycles. The van der Waals surface area contributed by atoms with E-state index in [-0.39, 0.29) is 0 Å². The van der Waals surface area contributed by atoms with E-state index < -0.39 is 21.0 Å². The Morgan fingerprint density at radius 3 is 1.03 bits per heavy atom. The van der Waals surface area contributed by atoms with Gasteiger partial charge in [0.25, 0.3) is 5.97 Å². The van der Waals surface area contributed by atoms with Crippen LogP contribution in [0, 0.1) is 0 Å². The van der Waals surface area contributed by atoms with Gasteiger partial charge in [-0.2, -0.15) is 0 Å². The lowest BCUT2D eigenvalue weighted by molar-refractivity contribution is -0.134. The zero-order chi connectivity index (χ0) is 25.2. The largest absolute Gasteiger partial charge is 0.488 e. The first-order chi connectivity index (χ1) is 16.5. The summed E-state index contributed by atoms with van der Waals surface area (Å²) in [5.41, 5.74) is 0.525. The lowest BCUT2D eigenvalue weighted by Gasteiger charge is -2.18. The van der Waals surface area contributed by atoms with Crippen LogP contribution < -0.4 is 21.4 Å². The highest BCUT2D eigenvalue weighted by Crippen LogP contribution is 2.32. The van der Waals surface area contributed by atoms with Crippen LogP contribution in [0.25, 0.3) is 0 Å². The van der Waals surface area contributed by atoms with Crippen molar-refractivity contribution in [1.29, 1.82) is 0 Å². The van der Waals surface area contributed by atoms with Gasteiger partial charge in [-0.1, -0.05) is 135 Å². The minimum atomic E-state index is -1.34. The molecule has 4 rings (SSSR count). The van der Waals surface area contributed by atoms with Crippen molar-refractivity contribution in [3.63, 3.8) is 0 Å². The number of carboxylic acids is 1. The molecule has 4 nitrogen and oxygen atoms in total. The Balaban J connectivity index is 0.000000322. The van der Waals surface area contributed by atoms with Gasteiger partial charge in [-0.25, -0.2) is 0 Å². The average molecular weight is 474 g/mol. The maximum Gasteiger partial charge on any atom is 0.488 e. The molecular formula is C28H32BO4P. The Labute approximate surface area is 204 Å². The number of benzene rings is 4. The van der Waals surface area contributed by atoms with Gasteiger partial charge in [0.1, 0.15) is 0 Å². The molecule has 0 aliphatic heterocycles. The predicted octanol–water partition coefficient (Wildman–Crippen LogP) is 3.93. The number of hydrogen-bond donors (Lipinski definition) is 3. The lowest BCUT2D eigenvalue weighted by Crippen LogP contribution is -2.29. The summed E-state index contributed by atoms with van der Waals surface area (Å²) in [7, 11) is -1.79. The Morgan fingerprint density at radius 1 is 0.588 bits per heavy atom. The minimum absolute atomic E-state index is 0.446. The van der Waals surface area contributed by atoms with Crippen molar-refractivity contribution in [3.8, 4) is 0 Å². The van der Waals surface area contributed by atoms with E-state index in [1.165, 1.54) is 15.9 Å². The summed E-state index contributed by atoms with van der Waals surface area (Å²) in [5.74, 6) is -0.833. The molecule has 0 saturated carbocycles. The highest BCUT2D eigenvalue weighted by Gasteiger charge is 2.15. The van der Waals surface area contributed by atoms with Gasteiger partial charge >= 0.3 is 7.12 Å². The van der Waals surface area contributed by atoms with Crippen molar-refractivity contribution >= 4 is 42.4 Å². The van der Waals surface area contributed by atoms with Crippen LogP contribution in [0.3, 0.4) is 0 Å². The van der Waals surface area contributed by atoms with E-state index in [0.29, 0.717) is 5.46 Å². The van der Waals surface area contributed by atoms with E-state index in [9.17, 15) is 0 Å². The first kappa shape index (κ1) is 28.8. The molecule has 4 aromatic carbocycles. The van der Waals surface area contributed by atoms with Crippen LogP contribution >= 0.6 is 7.92 Å². The molecule has 0 aromatic heterocycles. The highest BCUT2D eigenvalue weighted by atomic mass is 31.1. The molecule has 4 aromatic rings. The van der Waals surface area contributed by atoms with Gasteiger partial charge in [-0.3, -0.25) is 4.79 Å². The second-order valence-corrected chi connectivity index (χ2v) is 8.87. The molecule has 6 heteroatoms. The summed E-state index contributed by atoms with van der Waals surface area (Å²) < 4.78 is 0. The fourth-order valence-electron chi connectivity index (χ4n) is 2.80. The summed E-state index contributed by atoms with van der Waals surface area (Å²) in [6.07, 6.45) is 0. The summed E-state index contributed by atoms with van der Waals surface area (Å²) in [6.45, 7) is 5.08. The van der Waals surface area contributed by atoms with Crippen molar-refractivity contribution in [2.45, 2.75) is 20.8 Å². The van der Waals surface area contributed by atoms with Crippen LogP contribution in [0.4, 0.5) is 0 Å². The van der Waals surface area contributed by atoms with Crippen LogP contribution in [-0.4, -0.2) is 28.2 Å². The Bertz CT molecular complexity index is 933. The zero-order valence-electron chi connectivity index (χ0n) is 19.8. The van der Waals surface area contributed by atoms with Crippen molar-refractivity contribution < 1.29 is 19.9 Å². The number of aliphatic carboxylic acids is 1. The highest BCUT2D eigenvalue weighted by molar-refractivity contribution is 7.79. The smallest absolute Gasteiger partial charge is 0.481 e. The third-order valence-corrected chi connectivity index (χ3v) is 6.58. The number of rotatable bonds is 4. The lowest BCUT2D eigenvalue weighted by atomic mass is 9.81. The average Bonchev–Trinajstić information content (AvgIpc) is 2.88. The van der Waals surface area contributed by atoms with E-state index in [2.05, 4.69) is 91.0 Å². The number of carbonyl (C=O) groups is 1. The van der Waals surface area contributed by atoms with Crippen LogP contribution in [0.1, 0.15) is 20.8 Å². The zero-order valence-corrected chi connectivity index (χ0v) is 20.7. The van der Waals surface area contributed by atoms with E-state index in [4.69, 9.17) is 19.9 Å². The molecule has 0 atom stereocenters. The molecule has 0 radical (unpaired) electrons. The van der Waals surface area contributed by atoms with Gasteiger partial charge in [0.15, 0.2) is 0 Å². The van der Waals surface area contributed by atoms with E-state index >= 15 is 0 Å². The topological polar surface area (TPSA) is 77.8 Å². The Hall–Kier alpha value is -3.24. The molecule has 0 aliphatic rings. The van der Waals surface area contributed by atoms with Gasteiger partial charge in [0, 0.05) is 6.92 Å². The first-order valence-corrected chi connectivity index (χ1v) is 12.4. The minimum Gasteiger partial charge on any atom is -0.481 e. The Morgan fingerprint density at radius 2 is 0.824 bits per heavy atom. The molecular weight excluding hydrogens is 442 g/mol. The van der Waals surface area contributed by atoms with Crippen molar-refractivity contribution in [1.82, 2.24) is 0 Å². The fraction of sp³-hybridized carbons (Fsp3) is 0.107. The van der Waals surface area contributed by atoms with E-state index in [0.717, 1.165) is 6.92 Å². The molecule has 0 bridgehead atoms. The second-order valence-electron chi connectivity index (χ2n) is 6.65. The summed E-state index contributed by atoms with van der Waals surface area (Å²) in [5, 5.41) is 28.8. The monoisotopic (exact) mass is 474 g/mol. The molecule has 0 fully saturated rings. The molecule has 176 valence electrons. The summed E-state index contributed by atoms with van der Waals surface area (Å²) >= 11 is 0. The van der Waals surface area contributed by atoms with Crippen LogP contribution in [0.5, 0.6) is 0 Å². The van der Waals surface area contributed by atoms with E-state index in [1.807, 2.05) is 19.9 Å². The SMILES string of the molecule is CC.CC(=O)O.OB(O)c1ccccc1.c1ccc(P(c2ccccc2)c2ccccc2)cc1. The normalized spacial score (nSPS) is 9.24. The van der Waals surface area contributed by atoms with Gasteiger partial charge in [0.05, 0.1) is 0 Å². The Kier molecular flexibility index (Phi) is 14.6. The van der Waals surface area contributed by atoms with Crippen LogP contribution in [0.15, 0.2) is 121 Å². The van der Waals surface area contributed by atoms with Gasteiger partial charge in [0.2, 0.25) is 0 Å². The maximum atomic E-state index is 9.00. The number of carboxylic acid groups (broad SMARTS) is 1. The quantitative estimate of drug-likeness (QED) is 0.310. The molecule has 0 aliphatic carbocycles. The molecule has 0 spiro atoms. The van der Waals surface area contributed by atoms with Crippen molar-refractivity contribution in [3.05, 3.63) is 121 Å². The third-order valence-electron chi connectivity index (χ3n) is 4.14.